The van der Waals surface area contributed by atoms with Crippen LogP contribution in [0.5, 0.6) is 0 Å². The molecular formula is C11H18N2O3S. The van der Waals surface area contributed by atoms with Gasteiger partial charge in [0.15, 0.2) is 0 Å². The van der Waals surface area contributed by atoms with E-state index in [1.807, 2.05) is 11.9 Å². The van der Waals surface area contributed by atoms with Crippen molar-refractivity contribution < 1.29 is 13.5 Å². The summed E-state index contributed by atoms with van der Waals surface area (Å²) in [5.41, 5.74) is 0.870. The van der Waals surface area contributed by atoms with Gasteiger partial charge in [-0.1, -0.05) is 6.92 Å². The van der Waals surface area contributed by atoms with Crippen LogP contribution in [0.3, 0.4) is 0 Å². The molecule has 0 bridgehead atoms. The molecule has 0 unspecified atom stereocenters. The zero-order chi connectivity index (χ0) is 12.9. The van der Waals surface area contributed by atoms with Crippen molar-refractivity contribution in [2.24, 2.45) is 0 Å². The Bertz CT molecular complexity index is 442. The van der Waals surface area contributed by atoms with E-state index in [0.29, 0.717) is 13.1 Å². The first-order valence-corrected chi connectivity index (χ1v) is 6.91. The van der Waals surface area contributed by atoms with Crippen molar-refractivity contribution in [3.63, 3.8) is 0 Å². The molecule has 0 radical (unpaired) electrons. The lowest BCUT2D eigenvalue weighted by molar-refractivity contribution is 0.304. The van der Waals surface area contributed by atoms with E-state index >= 15 is 0 Å². The normalized spacial score (nSPS) is 11.5. The molecule has 0 aliphatic heterocycles. The second-order valence-corrected chi connectivity index (χ2v) is 5.41. The highest BCUT2D eigenvalue weighted by Crippen LogP contribution is 2.16. The molecule has 0 atom stereocenters. The minimum atomic E-state index is -3.38. The maximum atomic E-state index is 11.7. The van der Waals surface area contributed by atoms with E-state index in [1.165, 1.54) is 0 Å². The maximum Gasteiger partial charge on any atom is 0.240 e. The Labute approximate surface area is 102 Å². The van der Waals surface area contributed by atoms with Crippen molar-refractivity contribution in [1.29, 1.82) is 0 Å². The van der Waals surface area contributed by atoms with E-state index in [-0.39, 0.29) is 11.5 Å². The number of nitrogens with zero attached hydrogens (tertiary/aromatic N) is 1. The maximum absolute atomic E-state index is 11.7. The third-order valence-electron chi connectivity index (χ3n) is 2.36. The predicted molar refractivity (Wildman–Crippen MR) is 67.7 cm³/mol. The molecule has 17 heavy (non-hydrogen) atoms. The van der Waals surface area contributed by atoms with Crippen molar-refractivity contribution in [3.05, 3.63) is 24.3 Å². The molecule has 2 N–H and O–H groups in total. The molecule has 5 nitrogen and oxygen atoms in total. The van der Waals surface area contributed by atoms with Gasteiger partial charge in [0.1, 0.15) is 0 Å². The Morgan fingerprint density at radius 3 is 2.35 bits per heavy atom. The first-order chi connectivity index (χ1) is 8.01. The molecule has 0 saturated heterocycles. The molecule has 0 aliphatic rings. The van der Waals surface area contributed by atoms with Crippen LogP contribution in [0.4, 0.5) is 5.69 Å². The van der Waals surface area contributed by atoms with Crippen LogP contribution >= 0.6 is 0 Å². The number of aliphatic hydroxyl groups is 1. The molecule has 96 valence electrons. The SMILES string of the molecule is CCNS(=O)(=O)c1ccc(N(C)CCO)cc1. The Morgan fingerprint density at radius 2 is 1.88 bits per heavy atom. The average molecular weight is 258 g/mol. The molecule has 0 saturated carbocycles. The van der Waals surface area contributed by atoms with E-state index in [4.69, 9.17) is 5.11 Å². The Morgan fingerprint density at radius 1 is 1.29 bits per heavy atom. The minimum absolute atomic E-state index is 0.0634. The lowest BCUT2D eigenvalue weighted by Gasteiger charge is -2.18. The summed E-state index contributed by atoms with van der Waals surface area (Å²) in [4.78, 5) is 2.10. The highest BCUT2D eigenvalue weighted by molar-refractivity contribution is 7.89. The van der Waals surface area contributed by atoms with E-state index in [1.54, 1.807) is 31.2 Å². The summed E-state index contributed by atoms with van der Waals surface area (Å²) in [6.07, 6.45) is 0. The van der Waals surface area contributed by atoms with Gasteiger partial charge in [-0.05, 0) is 24.3 Å². The number of sulfonamides is 1. The second-order valence-electron chi connectivity index (χ2n) is 3.64. The molecule has 6 heteroatoms. The topological polar surface area (TPSA) is 69.6 Å². The van der Waals surface area contributed by atoms with Gasteiger partial charge in [0, 0.05) is 25.8 Å². The van der Waals surface area contributed by atoms with E-state index in [9.17, 15) is 8.42 Å². The largest absolute Gasteiger partial charge is 0.395 e. The van der Waals surface area contributed by atoms with Gasteiger partial charge in [0.2, 0.25) is 10.0 Å². The van der Waals surface area contributed by atoms with Gasteiger partial charge < -0.3 is 10.0 Å². The smallest absolute Gasteiger partial charge is 0.240 e. The number of rotatable bonds is 6. The summed E-state index contributed by atoms with van der Waals surface area (Å²) in [6.45, 7) is 2.68. The van der Waals surface area contributed by atoms with Crippen molar-refractivity contribution in [2.45, 2.75) is 11.8 Å². The quantitative estimate of drug-likeness (QED) is 0.775. The molecule has 0 heterocycles. The number of hydrogen-bond acceptors (Lipinski definition) is 4. The number of anilines is 1. The van der Waals surface area contributed by atoms with Crippen molar-refractivity contribution in [1.82, 2.24) is 4.72 Å². The zero-order valence-electron chi connectivity index (χ0n) is 10.0. The van der Waals surface area contributed by atoms with Gasteiger partial charge in [-0.25, -0.2) is 13.1 Å². The van der Waals surface area contributed by atoms with Gasteiger partial charge in [-0.15, -0.1) is 0 Å². The van der Waals surface area contributed by atoms with Crippen LogP contribution in [0.1, 0.15) is 6.92 Å². The summed E-state index contributed by atoms with van der Waals surface area (Å²) >= 11 is 0. The Balaban J connectivity index is 2.88. The Hall–Kier alpha value is -1.11. The molecule has 0 amide bonds. The van der Waals surface area contributed by atoms with Crippen LogP contribution in [-0.2, 0) is 10.0 Å². The van der Waals surface area contributed by atoms with E-state index in [0.717, 1.165) is 5.69 Å². The van der Waals surface area contributed by atoms with E-state index in [2.05, 4.69) is 4.72 Å². The summed E-state index contributed by atoms with van der Waals surface area (Å²) in [6, 6.07) is 6.56. The average Bonchev–Trinajstić information content (AvgIpc) is 2.29. The second kappa shape index (κ2) is 6.00. The molecule has 0 aliphatic carbocycles. The van der Waals surface area contributed by atoms with Crippen LogP contribution in [-0.4, -0.2) is 40.3 Å². The summed E-state index contributed by atoms with van der Waals surface area (Å²) in [7, 11) is -1.55. The first-order valence-electron chi connectivity index (χ1n) is 5.43. The molecule has 1 aromatic rings. The molecule has 0 fully saturated rings. The lowest BCUT2D eigenvalue weighted by atomic mass is 10.3. The van der Waals surface area contributed by atoms with Crippen molar-refractivity contribution in [3.8, 4) is 0 Å². The van der Waals surface area contributed by atoms with Gasteiger partial charge in [0.25, 0.3) is 0 Å². The van der Waals surface area contributed by atoms with Gasteiger partial charge in [-0.2, -0.15) is 0 Å². The third kappa shape index (κ3) is 3.69. The monoisotopic (exact) mass is 258 g/mol. The molecular weight excluding hydrogens is 240 g/mol. The van der Waals surface area contributed by atoms with Crippen LogP contribution in [0, 0.1) is 0 Å². The fourth-order valence-corrected chi connectivity index (χ4v) is 2.47. The number of benzene rings is 1. The third-order valence-corrected chi connectivity index (χ3v) is 3.92. The molecule has 0 spiro atoms. The van der Waals surface area contributed by atoms with Crippen LogP contribution < -0.4 is 9.62 Å². The van der Waals surface area contributed by atoms with Gasteiger partial charge >= 0.3 is 0 Å². The zero-order valence-corrected chi connectivity index (χ0v) is 10.9. The predicted octanol–water partition coefficient (Wildman–Crippen LogP) is 0.413. The van der Waals surface area contributed by atoms with Gasteiger partial charge in [0.05, 0.1) is 11.5 Å². The van der Waals surface area contributed by atoms with Gasteiger partial charge in [-0.3, -0.25) is 0 Å². The molecule has 0 aromatic heterocycles. The summed E-state index contributed by atoms with van der Waals surface area (Å²) in [5, 5.41) is 8.80. The fourth-order valence-electron chi connectivity index (χ4n) is 1.43. The standard InChI is InChI=1S/C11H18N2O3S/c1-3-12-17(15,16)11-6-4-10(5-7-11)13(2)8-9-14/h4-7,12,14H,3,8-9H2,1-2H3. The molecule has 1 rings (SSSR count). The fraction of sp³-hybridized carbons (Fsp3) is 0.455. The number of aliphatic hydroxyl groups excluding tert-OH is 1. The first kappa shape index (κ1) is 14.0. The van der Waals surface area contributed by atoms with Crippen molar-refractivity contribution >= 4 is 15.7 Å². The molecule has 1 aromatic carbocycles. The highest BCUT2D eigenvalue weighted by atomic mass is 32.2. The summed E-state index contributed by atoms with van der Waals surface area (Å²) < 4.78 is 25.8. The number of nitrogens with one attached hydrogen (secondary N) is 1. The highest BCUT2D eigenvalue weighted by Gasteiger charge is 2.12. The number of hydrogen-bond donors (Lipinski definition) is 2. The summed E-state index contributed by atoms with van der Waals surface area (Å²) in [5.74, 6) is 0. The van der Waals surface area contributed by atoms with Crippen LogP contribution in [0.25, 0.3) is 0 Å². The van der Waals surface area contributed by atoms with Crippen LogP contribution in [0.2, 0.25) is 0 Å². The van der Waals surface area contributed by atoms with Crippen molar-refractivity contribution in [2.75, 3.05) is 31.6 Å². The lowest BCUT2D eigenvalue weighted by Crippen LogP contribution is -2.24. The van der Waals surface area contributed by atoms with E-state index < -0.39 is 10.0 Å². The van der Waals surface area contributed by atoms with Crippen LogP contribution in [0.15, 0.2) is 29.2 Å². The minimum Gasteiger partial charge on any atom is -0.395 e. The Kier molecular flexibility index (Phi) is 4.92. The number of likely N-dealkylation sites (N-methyl/N-ethyl adjacent to an activating group) is 1.